The summed E-state index contributed by atoms with van der Waals surface area (Å²) in [6.45, 7) is 3.97. The summed E-state index contributed by atoms with van der Waals surface area (Å²) in [5.41, 5.74) is 3.07. The Kier molecular flexibility index (Phi) is 3.46. The normalized spacial score (nSPS) is 10.6. The minimum atomic E-state index is -0.794. The van der Waals surface area contributed by atoms with Crippen molar-refractivity contribution < 1.29 is 9.90 Å². The molecule has 0 aliphatic carbocycles. The van der Waals surface area contributed by atoms with Crippen molar-refractivity contribution in [1.82, 2.24) is 9.55 Å². The van der Waals surface area contributed by atoms with Gasteiger partial charge < -0.3 is 9.67 Å². The Bertz CT molecular complexity index is 556. The number of aliphatic carboxylic acids is 1. The van der Waals surface area contributed by atoms with Gasteiger partial charge in [-0.05, 0) is 26.0 Å². The molecule has 4 heteroatoms. The molecule has 0 radical (unpaired) electrons. The lowest BCUT2D eigenvalue weighted by molar-refractivity contribution is -0.136. The Hall–Kier alpha value is -2.10. The SMILES string of the molecule is Cc1ccc(-n2cc(CCC(=O)O)nc2C)cc1. The largest absolute Gasteiger partial charge is 0.481 e. The Morgan fingerprint density at radius 2 is 1.94 bits per heavy atom. The summed E-state index contributed by atoms with van der Waals surface area (Å²) in [5, 5.41) is 8.66. The van der Waals surface area contributed by atoms with Gasteiger partial charge in [0, 0.05) is 18.3 Å². The van der Waals surface area contributed by atoms with Gasteiger partial charge in [0.2, 0.25) is 0 Å². The third-order valence-corrected chi connectivity index (χ3v) is 2.84. The molecule has 18 heavy (non-hydrogen) atoms. The number of hydrogen-bond acceptors (Lipinski definition) is 2. The summed E-state index contributed by atoms with van der Waals surface area (Å²) in [7, 11) is 0. The topological polar surface area (TPSA) is 55.1 Å². The van der Waals surface area contributed by atoms with Crippen LogP contribution in [-0.4, -0.2) is 20.6 Å². The Morgan fingerprint density at radius 1 is 1.28 bits per heavy atom. The number of carboxylic acid groups (broad SMARTS) is 1. The number of aryl methyl sites for hydroxylation is 3. The molecule has 0 amide bonds. The number of rotatable bonds is 4. The van der Waals surface area contributed by atoms with E-state index in [1.165, 1.54) is 5.56 Å². The molecule has 0 aliphatic heterocycles. The fourth-order valence-corrected chi connectivity index (χ4v) is 1.86. The van der Waals surface area contributed by atoms with E-state index in [0.717, 1.165) is 17.2 Å². The van der Waals surface area contributed by atoms with E-state index in [4.69, 9.17) is 5.11 Å². The minimum Gasteiger partial charge on any atom is -0.481 e. The van der Waals surface area contributed by atoms with E-state index < -0.39 is 5.97 Å². The first kappa shape index (κ1) is 12.4. The number of aromatic nitrogens is 2. The fraction of sp³-hybridized carbons (Fsp3) is 0.286. The van der Waals surface area contributed by atoms with Gasteiger partial charge in [-0.25, -0.2) is 4.98 Å². The van der Waals surface area contributed by atoms with Crippen LogP contribution in [0, 0.1) is 13.8 Å². The number of nitrogens with zero attached hydrogens (tertiary/aromatic N) is 2. The minimum absolute atomic E-state index is 0.115. The van der Waals surface area contributed by atoms with Crippen molar-refractivity contribution in [2.45, 2.75) is 26.7 Å². The Balaban J connectivity index is 2.23. The molecule has 1 N–H and O–H groups in total. The van der Waals surface area contributed by atoms with E-state index >= 15 is 0 Å². The molecule has 0 saturated carbocycles. The zero-order chi connectivity index (χ0) is 13.1. The summed E-state index contributed by atoms with van der Waals surface area (Å²) in [4.78, 5) is 14.9. The average molecular weight is 244 g/mol. The summed E-state index contributed by atoms with van der Waals surface area (Å²) in [6, 6.07) is 8.16. The second-order valence-corrected chi connectivity index (χ2v) is 4.38. The second kappa shape index (κ2) is 5.04. The van der Waals surface area contributed by atoms with Crippen LogP contribution < -0.4 is 0 Å². The maximum Gasteiger partial charge on any atom is 0.303 e. The Morgan fingerprint density at radius 3 is 2.56 bits per heavy atom. The van der Waals surface area contributed by atoms with Crippen molar-refractivity contribution in [3.8, 4) is 5.69 Å². The van der Waals surface area contributed by atoms with Gasteiger partial charge >= 0.3 is 5.97 Å². The molecule has 2 rings (SSSR count). The molecule has 0 fully saturated rings. The van der Waals surface area contributed by atoms with Gasteiger partial charge in [-0.1, -0.05) is 17.7 Å². The quantitative estimate of drug-likeness (QED) is 0.899. The van der Waals surface area contributed by atoms with E-state index in [-0.39, 0.29) is 6.42 Å². The number of hydrogen-bond donors (Lipinski definition) is 1. The highest BCUT2D eigenvalue weighted by Gasteiger charge is 2.07. The lowest BCUT2D eigenvalue weighted by atomic mass is 10.2. The number of benzene rings is 1. The van der Waals surface area contributed by atoms with Gasteiger partial charge in [0.1, 0.15) is 5.82 Å². The van der Waals surface area contributed by atoms with Crippen LogP contribution in [0.3, 0.4) is 0 Å². The van der Waals surface area contributed by atoms with Crippen molar-refractivity contribution >= 4 is 5.97 Å². The molecule has 1 aromatic carbocycles. The highest BCUT2D eigenvalue weighted by atomic mass is 16.4. The van der Waals surface area contributed by atoms with Crippen molar-refractivity contribution in [3.63, 3.8) is 0 Å². The molecule has 0 saturated heterocycles. The van der Waals surface area contributed by atoms with Crippen LogP contribution in [-0.2, 0) is 11.2 Å². The van der Waals surface area contributed by atoms with Crippen LogP contribution in [0.25, 0.3) is 5.69 Å². The van der Waals surface area contributed by atoms with Gasteiger partial charge in [0.05, 0.1) is 12.1 Å². The molecule has 0 bridgehead atoms. The summed E-state index contributed by atoms with van der Waals surface area (Å²) >= 11 is 0. The van der Waals surface area contributed by atoms with Crippen molar-refractivity contribution in [3.05, 3.63) is 47.5 Å². The first-order valence-electron chi connectivity index (χ1n) is 5.90. The third-order valence-electron chi connectivity index (χ3n) is 2.84. The molecular weight excluding hydrogens is 228 g/mol. The zero-order valence-electron chi connectivity index (χ0n) is 10.6. The van der Waals surface area contributed by atoms with E-state index in [1.807, 2.05) is 48.9 Å². The molecule has 1 aromatic heterocycles. The summed E-state index contributed by atoms with van der Waals surface area (Å²) in [6.07, 6.45) is 2.49. The van der Waals surface area contributed by atoms with Crippen LogP contribution >= 0.6 is 0 Å². The molecule has 94 valence electrons. The highest BCUT2D eigenvalue weighted by Crippen LogP contribution is 2.14. The van der Waals surface area contributed by atoms with Crippen molar-refractivity contribution in [2.24, 2.45) is 0 Å². The van der Waals surface area contributed by atoms with Crippen LogP contribution in [0.5, 0.6) is 0 Å². The van der Waals surface area contributed by atoms with Crippen molar-refractivity contribution in [1.29, 1.82) is 0 Å². The molecule has 0 atom stereocenters. The molecule has 2 aromatic rings. The highest BCUT2D eigenvalue weighted by molar-refractivity contribution is 5.66. The van der Waals surface area contributed by atoms with Crippen LogP contribution in [0.2, 0.25) is 0 Å². The van der Waals surface area contributed by atoms with E-state index in [9.17, 15) is 4.79 Å². The van der Waals surface area contributed by atoms with Crippen LogP contribution in [0.15, 0.2) is 30.5 Å². The number of carboxylic acids is 1. The van der Waals surface area contributed by atoms with E-state index in [0.29, 0.717) is 6.42 Å². The van der Waals surface area contributed by atoms with Gasteiger partial charge in [-0.3, -0.25) is 4.79 Å². The average Bonchev–Trinajstić information content (AvgIpc) is 2.69. The second-order valence-electron chi connectivity index (χ2n) is 4.38. The maximum absolute atomic E-state index is 10.5. The third kappa shape index (κ3) is 2.77. The maximum atomic E-state index is 10.5. The Labute approximate surface area is 106 Å². The number of carbonyl (C=O) groups is 1. The molecule has 0 unspecified atom stereocenters. The van der Waals surface area contributed by atoms with Gasteiger partial charge in [-0.2, -0.15) is 0 Å². The molecule has 1 heterocycles. The lowest BCUT2D eigenvalue weighted by Crippen LogP contribution is -1.97. The molecule has 0 spiro atoms. The van der Waals surface area contributed by atoms with Gasteiger partial charge in [0.25, 0.3) is 0 Å². The smallest absolute Gasteiger partial charge is 0.303 e. The zero-order valence-corrected chi connectivity index (χ0v) is 10.6. The van der Waals surface area contributed by atoms with E-state index in [1.54, 1.807) is 0 Å². The van der Waals surface area contributed by atoms with Crippen molar-refractivity contribution in [2.75, 3.05) is 0 Å². The predicted molar refractivity (Wildman–Crippen MR) is 69.0 cm³/mol. The summed E-state index contributed by atoms with van der Waals surface area (Å²) < 4.78 is 1.98. The van der Waals surface area contributed by atoms with Gasteiger partial charge in [-0.15, -0.1) is 0 Å². The van der Waals surface area contributed by atoms with E-state index in [2.05, 4.69) is 4.98 Å². The summed E-state index contributed by atoms with van der Waals surface area (Å²) in [5.74, 6) is 0.0804. The van der Waals surface area contributed by atoms with Gasteiger partial charge in [0.15, 0.2) is 0 Å². The molecule has 4 nitrogen and oxygen atoms in total. The molecule has 0 aliphatic rings. The van der Waals surface area contributed by atoms with Crippen LogP contribution in [0.4, 0.5) is 0 Å². The first-order valence-corrected chi connectivity index (χ1v) is 5.90. The predicted octanol–water partition coefficient (Wildman–Crippen LogP) is 2.51. The fourth-order valence-electron chi connectivity index (χ4n) is 1.86. The number of imidazole rings is 1. The molecular formula is C14H16N2O2. The lowest BCUT2D eigenvalue weighted by Gasteiger charge is -2.04. The first-order chi connectivity index (χ1) is 8.56. The standard InChI is InChI=1S/C14H16N2O2/c1-10-3-6-13(7-4-10)16-9-12(15-11(16)2)5-8-14(17)18/h3-4,6-7,9H,5,8H2,1-2H3,(H,17,18). The van der Waals surface area contributed by atoms with Crippen LogP contribution in [0.1, 0.15) is 23.5 Å². The monoisotopic (exact) mass is 244 g/mol.